The summed E-state index contributed by atoms with van der Waals surface area (Å²) in [6.45, 7) is 14.7. The van der Waals surface area contributed by atoms with Crippen molar-refractivity contribution in [1.29, 1.82) is 0 Å². The van der Waals surface area contributed by atoms with Gasteiger partial charge in [0.1, 0.15) is 0 Å². The number of rotatable bonds is 15. The van der Waals surface area contributed by atoms with Gasteiger partial charge in [0.15, 0.2) is 0 Å². The van der Waals surface area contributed by atoms with Crippen LogP contribution >= 0.6 is 0 Å². The van der Waals surface area contributed by atoms with Gasteiger partial charge in [-0.1, -0.05) is 0 Å². The van der Waals surface area contributed by atoms with Crippen molar-refractivity contribution in [2.45, 2.75) is 88.2 Å². The Balaban J connectivity index is 2.00. The van der Waals surface area contributed by atoms with Crippen LogP contribution in [-0.4, -0.2) is 58.9 Å². The molecule has 0 unspecified atom stereocenters. The second-order valence-corrected chi connectivity index (χ2v) is 18.3. The van der Waals surface area contributed by atoms with Gasteiger partial charge in [-0.05, 0) is 0 Å². The van der Waals surface area contributed by atoms with Crippen molar-refractivity contribution in [3.8, 4) is 0 Å². The van der Waals surface area contributed by atoms with Gasteiger partial charge >= 0.3 is 215 Å². The summed E-state index contributed by atoms with van der Waals surface area (Å²) in [6.07, 6.45) is -1.05. The zero-order valence-corrected chi connectivity index (χ0v) is 24.4. The van der Waals surface area contributed by atoms with E-state index in [1.54, 1.807) is 0 Å². The van der Waals surface area contributed by atoms with Gasteiger partial charge in [0, 0.05) is 0 Å². The molecule has 4 nitrogen and oxygen atoms in total. The van der Waals surface area contributed by atoms with E-state index >= 15 is 0 Å². The van der Waals surface area contributed by atoms with Gasteiger partial charge in [-0.25, -0.2) is 0 Å². The fourth-order valence-electron chi connectivity index (χ4n) is 5.00. The summed E-state index contributed by atoms with van der Waals surface area (Å²) in [5.74, 6) is 0. The molecule has 2 aromatic rings. The van der Waals surface area contributed by atoms with E-state index in [0.717, 1.165) is 5.56 Å². The molecule has 0 aromatic heterocycles. The predicted octanol–water partition coefficient (Wildman–Crippen LogP) is 5.33. The standard InChI is InChI=1S/C28H44O4SeSi/c1-21(2)34(22(3)4,23(5)6)32-19-25(29)17-27(30)28(33-26-15-11-8-12-16-26)20-31-18-24-13-9-7-10-14-24/h7-16,21-23,25,27-30H,17-20H2,1-6H3/t25-,27+,28+/m0/s1. The van der Waals surface area contributed by atoms with Crippen LogP contribution in [0.2, 0.25) is 21.4 Å². The molecule has 0 heterocycles. The zero-order chi connectivity index (χ0) is 25.1. The van der Waals surface area contributed by atoms with Gasteiger partial charge in [-0.2, -0.15) is 0 Å². The first kappa shape index (κ1) is 29.2. The van der Waals surface area contributed by atoms with Crippen molar-refractivity contribution in [1.82, 2.24) is 0 Å². The van der Waals surface area contributed by atoms with Crippen LogP contribution in [0.5, 0.6) is 0 Å². The molecule has 34 heavy (non-hydrogen) atoms. The van der Waals surface area contributed by atoms with Crippen molar-refractivity contribution in [3.63, 3.8) is 0 Å². The van der Waals surface area contributed by atoms with E-state index in [1.165, 1.54) is 4.46 Å². The van der Waals surface area contributed by atoms with Gasteiger partial charge in [-0.15, -0.1) is 0 Å². The summed E-state index contributed by atoms with van der Waals surface area (Å²) < 4.78 is 13.8. The molecule has 0 fully saturated rings. The molecule has 0 amide bonds. The summed E-state index contributed by atoms with van der Waals surface area (Å²) >= 11 is 0.0320. The minimum atomic E-state index is -2.05. The van der Waals surface area contributed by atoms with Gasteiger partial charge in [0.25, 0.3) is 0 Å². The van der Waals surface area contributed by atoms with Crippen molar-refractivity contribution in [3.05, 3.63) is 66.2 Å². The van der Waals surface area contributed by atoms with E-state index in [4.69, 9.17) is 9.16 Å². The molecule has 6 heteroatoms. The first-order valence-corrected chi connectivity index (χ1v) is 16.5. The van der Waals surface area contributed by atoms with Crippen LogP contribution in [0.15, 0.2) is 60.7 Å². The third kappa shape index (κ3) is 8.60. The Morgan fingerprint density at radius 3 is 1.82 bits per heavy atom. The SMILES string of the molecule is CC(C)[Si](OC[C@@H](O)C[C@@H](O)[C@@H](COCc1ccccc1)[Se]c1ccccc1)(C(C)C)C(C)C. The van der Waals surface area contributed by atoms with E-state index in [1.807, 2.05) is 48.5 Å². The molecule has 0 aliphatic rings. The average Bonchev–Trinajstić information content (AvgIpc) is 2.79. The molecular formula is C28H44O4SeSi. The third-order valence-corrected chi connectivity index (χ3v) is 15.4. The second kappa shape index (κ2) is 14.5. The molecule has 0 aliphatic heterocycles. The van der Waals surface area contributed by atoms with Crippen LogP contribution in [0.1, 0.15) is 53.5 Å². The van der Waals surface area contributed by atoms with E-state index < -0.39 is 20.5 Å². The molecule has 2 rings (SSSR count). The third-order valence-electron chi connectivity index (χ3n) is 6.60. The molecular weight excluding hydrogens is 507 g/mol. The molecule has 0 saturated carbocycles. The van der Waals surface area contributed by atoms with Crippen molar-refractivity contribution in [2.75, 3.05) is 13.2 Å². The Hall–Kier alpha value is -0.984. The van der Waals surface area contributed by atoms with Gasteiger partial charge in [0.2, 0.25) is 0 Å². The molecule has 0 bridgehead atoms. The number of aliphatic hydroxyl groups excluding tert-OH is 2. The number of ether oxygens (including phenoxy) is 1. The summed E-state index contributed by atoms with van der Waals surface area (Å²) in [6, 6.07) is 20.4. The first-order chi connectivity index (χ1) is 16.2. The molecule has 0 spiro atoms. The molecule has 2 N–H and O–H groups in total. The van der Waals surface area contributed by atoms with Crippen LogP contribution in [0.3, 0.4) is 0 Å². The van der Waals surface area contributed by atoms with E-state index in [2.05, 4.69) is 53.7 Å². The van der Waals surface area contributed by atoms with Gasteiger partial charge in [0.05, 0.1) is 0 Å². The summed E-state index contributed by atoms with van der Waals surface area (Å²) in [5.41, 5.74) is 2.51. The number of aliphatic hydroxyl groups is 2. The number of benzene rings is 2. The Kier molecular flexibility index (Phi) is 12.5. The average molecular weight is 552 g/mol. The molecule has 3 atom stereocenters. The molecule has 190 valence electrons. The van der Waals surface area contributed by atoms with Crippen LogP contribution in [0.25, 0.3) is 0 Å². The van der Waals surface area contributed by atoms with Crippen LogP contribution in [0, 0.1) is 0 Å². The van der Waals surface area contributed by atoms with Crippen molar-refractivity contribution in [2.24, 2.45) is 0 Å². The monoisotopic (exact) mass is 552 g/mol. The van der Waals surface area contributed by atoms with Crippen LogP contribution in [0.4, 0.5) is 0 Å². The molecule has 0 aliphatic carbocycles. The van der Waals surface area contributed by atoms with Gasteiger partial charge < -0.3 is 0 Å². The van der Waals surface area contributed by atoms with Crippen molar-refractivity contribution >= 4 is 27.7 Å². The molecule has 0 saturated heterocycles. The Morgan fingerprint density at radius 1 is 0.765 bits per heavy atom. The number of hydrogen-bond donors (Lipinski definition) is 2. The molecule has 0 radical (unpaired) electrons. The first-order valence-electron chi connectivity index (χ1n) is 12.5. The predicted molar refractivity (Wildman–Crippen MR) is 145 cm³/mol. The molecule has 2 aromatic carbocycles. The van der Waals surface area contributed by atoms with Gasteiger partial charge in [-0.3, -0.25) is 0 Å². The number of hydrogen-bond acceptors (Lipinski definition) is 4. The Morgan fingerprint density at radius 2 is 1.29 bits per heavy atom. The minimum absolute atomic E-state index is 0.0320. The summed E-state index contributed by atoms with van der Waals surface area (Å²) in [5, 5.41) is 22.0. The van der Waals surface area contributed by atoms with E-state index in [9.17, 15) is 10.2 Å². The van der Waals surface area contributed by atoms with E-state index in [-0.39, 0.29) is 26.4 Å². The maximum absolute atomic E-state index is 11.1. The fourth-order valence-corrected chi connectivity index (χ4v) is 12.8. The van der Waals surface area contributed by atoms with E-state index in [0.29, 0.717) is 36.3 Å². The zero-order valence-electron chi connectivity index (χ0n) is 21.7. The van der Waals surface area contributed by atoms with Crippen LogP contribution < -0.4 is 4.46 Å². The van der Waals surface area contributed by atoms with Crippen molar-refractivity contribution < 1.29 is 19.4 Å². The Bertz CT molecular complexity index is 779. The fraction of sp³-hybridized carbons (Fsp3) is 0.571. The van der Waals surface area contributed by atoms with Crippen LogP contribution in [-0.2, 0) is 15.8 Å². The maximum atomic E-state index is 11.1. The Labute approximate surface area is 214 Å². The summed E-state index contributed by atoms with van der Waals surface area (Å²) in [7, 11) is -2.05. The summed E-state index contributed by atoms with van der Waals surface area (Å²) in [4.78, 5) is -0.0458. The quantitative estimate of drug-likeness (QED) is 0.294. The normalized spacial score (nSPS) is 15.1. The topological polar surface area (TPSA) is 58.9 Å². The second-order valence-electron chi connectivity index (χ2n) is 10.1.